The molecule has 22 heavy (non-hydrogen) atoms. The van der Waals surface area contributed by atoms with Crippen LogP contribution >= 0.6 is 0 Å². The number of carbonyl (C=O) groups excluding carboxylic acids is 1. The number of nitrogens with zero attached hydrogens (tertiary/aromatic N) is 5. The molecule has 0 bridgehead atoms. The van der Waals surface area contributed by atoms with Crippen LogP contribution in [-0.2, 0) is 0 Å². The summed E-state index contributed by atoms with van der Waals surface area (Å²) >= 11 is 0. The summed E-state index contributed by atoms with van der Waals surface area (Å²) < 4.78 is 0. The van der Waals surface area contributed by atoms with E-state index in [4.69, 9.17) is 0 Å². The average Bonchev–Trinajstić information content (AvgIpc) is 2.55. The van der Waals surface area contributed by atoms with E-state index in [0.717, 1.165) is 45.1 Å². The quantitative estimate of drug-likeness (QED) is 0.819. The number of aromatic nitrogens is 2. The second-order valence-corrected chi connectivity index (χ2v) is 6.55. The second-order valence-electron chi connectivity index (χ2n) is 6.55. The summed E-state index contributed by atoms with van der Waals surface area (Å²) in [5, 5.41) is 0. The topological polar surface area (TPSA) is 52.6 Å². The zero-order valence-corrected chi connectivity index (χ0v) is 13.5. The first kappa shape index (κ1) is 15.2. The van der Waals surface area contributed by atoms with E-state index in [1.165, 1.54) is 19.2 Å². The molecule has 2 fully saturated rings. The lowest BCUT2D eigenvalue weighted by molar-refractivity contribution is 0.0658. The number of piperidine rings is 1. The van der Waals surface area contributed by atoms with Gasteiger partial charge in [-0.1, -0.05) is 6.92 Å². The molecule has 3 heterocycles. The Labute approximate surface area is 132 Å². The van der Waals surface area contributed by atoms with Crippen molar-refractivity contribution in [3.05, 3.63) is 18.1 Å². The van der Waals surface area contributed by atoms with Crippen LogP contribution in [0.15, 0.2) is 12.4 Å². The van der Waals surface area contributed by atoms with E-state index in [1.807, 2.05) is 11.0 Å². The maximum absolute atomic E-state index is 12.6. The zero-order valence-electron chi connectivity index (χ0n) is 13.5. The predicted molar refractivity (Wildman–Crippen MR) is 86.0 cm³/mol. The monoisotopic (exact) mass is 303 g/mol. The van der Waals surface area contributed by atoms with Crippen molar-refractivity contribution < 1.29 is 4.79 Å². The summed E-state index contributed by atoms with van der Waals surface area (Å²) in [6.07, 6.45) is 3.99. The van der Waals surface area contributed by atoms with Gasteiger partial charge in [-0.25, -0.2) is 9.97 Å². The lowest BCUT2D eigenvalue weighted by Gasteiger charge is -2.33. The standard InChI is InChI=1S/C16H25N5O/c1-13-4-3-5-21(11-13)15-10-14(17-12-18-15)16(22)20-8-6-19(2)7-9-20/h10,12-13H,3-9,11H2,1-2H3. The maximum atomic E-state index is 12.6. The first-order valence-electron chi connectivity index (χ1n) is 8.18. The van der Waals surface area contributed by atoms with E-state index in [-0.39, 0.29) is 5.91 Å². The maximum Gasteiger partial charge on any atom is 0.272 e. The fraction of sp³-hybridized carbons (Fsp3) is 0.688. The van der Waals surface area contributed by atoms with Gasteiger partial charge in [0.15, 0.2) is 0 Å². The van der Waals surface area contributed by atoms with E-state index in [0.29, 0.717) is 11.6 Å². The van der Waals surface area contributed by atoms with Gasteiger partial charge >= 0.3 is 0 Å². The van der Waals surface area contributed by atoms with Crippen LogP contribution in [0.3, 0.4) is 0 Å². The van der Waals surface area contributed by atoms with Gasteiger partial charge in [0.1, 0.15) is 17.8 Å². The molecule has 6 heteroatoms. The number of piperazine rings is 1. The highest BCUT2D eigenvalue weighted by Crippen LogP contribution is 2.21. The van der Waals surface area contributed by atoms with Crippen LogP contribution in [0.5, 0.6) is 0 Å². The molecule has 1 aromatic heterocycles. The van der Waals surface area contributed by atoms with Crippen molar-refractivity contribution in [3.63, 3.8) is 0 Å². The van der Waals surface area contributed by atoms with Gasteiger partial charge in [-0.15, -0.1) is 0 Å². The first-order chi connectivity index (χ1) is 10.6. The molecule has 1 amide bonds. The lowest BCUT2D eigenvalue weighted by atomic mass is 10.0. The molecule has 0 radical (unpaired) electrons. The molecule has 2 aliphatic heterocycles. The first-order valence-corrected chi connectivity index (χ1v) is 8.18. The number of carbonyl (C=O) groups is 1. The third kappa shape index (κ3) is 3.38. The Hall–Kier alpha value is -1.69. The van der Waals surface area contributed by atoms with E-state index in [2.05, 4.69) is 33.7 Å². The highest BCUT2D eigenvalue weighted by Gasteiger charge is 2.23. The molecule has 1 atom stereocenters. The summed E-state index contributed by atoms with van der Waals surface area (Å²) in [5.41, 5.74) is 0.521. The van der Waals surface area contributed by atoms with Crippen LogP contribution in [-0.4, -0.2) is 72.0 Å². The van der Waals surface area contributed by atoms with Crippen molar-refractivity contribution in [1.29, 1.82) is 0 Å². The normalized spacial score (nSPS) is 23.6. The van der Waals surface area contributed by atoms with Crippen LogP contribution in [0.4, 0.5) is 5.82 Å². The van der Waals surface area contributed by atoms with Crippen molar-refractivity contribution in [2.24, 2.45) is 5.92 Å². The molecule has 2 aliphatic rings. The molecule has 0 aliphatic carbocycles. The van der Waals surface area contributed by atoms with Crippen molar-refractivity contribution in [2.45, 2.75) is 19.8 Å². The molecule has 1 unspecified atom stereocenters. The number of hydrogen-bond acceptors (Lipinski definition) is 5. The van der Waals surface area contributed by atoms with Gasteiger partial charge in [-0.05, 0) is 25.8 Å². The summed E-state index contributed by atoms with van der Waals surface area (Å²) in [4.78, 5) is 27.6. The largest absolute Gasteiger partial charge is 0.356 e. The highest BCUT2D eigenvalue weighted by atomic mass is 16.2. The summed E-state index contributed by atoms with van der Waals surface area (Å²) in [6, 6.07) is 1.86. The van der Waals surface area contributed by atoms with Crippen LogP contribution in [0.2, 0.25) is 0 Å². The number of rotatable bonds is 2. The highest BCUT2D eigenvalue weighted by molar-refractivity contribution is 5.93. The predicted octanol–water partition coefficient (Wildman–Crippen LogP) is 1.10. The molecule has 3 rings (SSSR count). The Bertz CT molecular complexity index is 527. The SMILES string of the molecule is CC1CCCN(c2cc(C(=O)N3CCN(C)CC3)ncn2)C1. The third-order valence-corrected chi connectivity index (χ3v) is 4.64. The van der Waals surface area contributed by atoms with Crippen LogP contribution in [0, 0.1) is 5.92 Å². The molecule has 120 valence electrons. The minimum atomic E-state index is 0.0295. The van der Waals surface area contributed by atoms with E-state index in [1.54, 1.807) is 0 Å². The Morgan fingerprint density at radius 3 is 2.68 bits per heavy atom. The van der Waals surface area contributed by atoms with Crippen LogP contribution in [0.25, 0.3) is 0 Å². The summed E-state index contributed by atoms with van der Waals surface area (Å²) in [5.74, 6) is 1.60. The summed E-state index contributed by atoms with van der Waals surface area (Å²) in [7, 11) is 2.09. The number of likely N-dealkylation sites (N-methyl/N-ethyl adjacent to an activating group) is 1. The molecular formula is C16H25N5O. The molecule has 2 saturated heterocycles. The fourth-order valence-corrected chi connectivity index (χ4v) is 3.21. The Balaban J connectivity index is 1.71. The van der Waals surface area contributed by atoms with E-state index in [9.17, 15) is 4.79 Å². The van der Waals surface area contributed by atoms with Gasteiger partial charge in [-0.2, -0.15) is 0 Å². The van der Waals surface area contributed by atoms with Gasteiger partial charge < -0.3 is 14.7 Å². The Morgan fingerprint density at radius 1 is 1.18 bits per heavy atom. The minimum absolute atomic E-state index is 0.0295. The second kappa shape index (κ2) is 6.60. The van der Waals surface area contributed by atoms with Gasteiger partial charge in [0.2, 0.25) is 0 Å². The number of hydrogen-bond donors (Lipinski definition) is 0. The summed E-state index contributed by atoms with van der Waals surface area (Å²) in [6.45, 7) is 7.69. The van der Waals surface area contributed by atoms with Crippen LogP contribution < -0.4 is 4.90 Å². The lowest BCUT2D eigenvalue weighted by Crippen LogP contribution is -2.47. The van der Waals surface area contributed by atoms with Crippen molar-refractivity contribution in [3.8, 4) is 0 Å². The van der Waals surface area contributed by atoms with Gasteiger partial charge in [0.25, 0.3) is 5.91 Å². The molecule has 1 aromatic rings. The number of amides is 1. The fourth-order valence-electron chi connectivity index (χ4n) is 3.21. The van der Waals surface area contributed by atoms with Crippen molar-refractivity contribution in [2.75, 3.05) is 51.2 Å². The van der Waals surface area contributed by atoms with Gasteiger partial charge in [0, 0.05) is 45.3 Å². The van der Waals surface area contributed by atoms with Gasteiger partial charge in [0.05, 0.1) is 0 Å². The number of anilines is 1. The van der Waals surface area contributed by atoms with Crippen molar-refractivity contribution >= 4 is 11.7 Å². The Kier molecular flexibility index (Phi) is 4.57. The zero-order chi connectivity index (χ0) is 15.5. The molecule has 0 spiro atoms. The van der Waals surface area contributed by atoms with Crippen molar-refractivity contribution in [1.82, 2.24) is 19.8 Å². The smallest absolute Gasteiger partial charge is 0.272 e. The van der Waals surface area contributed by atoms with E-state index < -0.39 is 0 Å². The van der Waals surface area contributed by atoms with Crippen LogP contribution in [0.1, 0.15) is 30.3 Å². The molecular weight excluding hydrogens is 278 g/mol. The molecule has 0 saturated carbocycles. The van der Waals surface area contributed by atoms with E-state index >= 15 is 0 Å². The average molecular weight is 303 g/mol. The molecule has 6 nitrogen and oxygen atoms in total. The molecule has 0 N–H and O–H groups in total. The van der Waals surface area contributed by atoms with Gasteiger partial charge in [-0.3, -0.25) is 4.79 Å². The molecule has 0 aromatic carbocycles. The Morgan fingerprint density at radius 2 is 1.95 bits per heavy atom. The third-order valence-electron chi connectivity index (χ3n) is 4.64. The minimum Gasteiger partial charge on any atom is -0.356 e.